The van der Waals surface area contributed by atoms with Crippen molar-refractivity contribution in [2.45, 2.75) is 25.2 Å². The number of amides is 1. The van der Waals surface area contributed by atoms with Crippen molar-refractivity contribution in [3.8, 4) is 0 Å². The van der Waals surface area contributed by atoms with E-state index >= 15 is 0 Å². The molecule has 0 aliphatic heterocycles. The molecule has 2 N–H and O–H groups in total. The molecule has 0 spiro atoms. The van der Waals surface area contributed by atoms with Crippen LogP contribution in [-0.2, 0) is 16.4 Å². The van der Waals surface area contributed by atoms with Crippen molar-refractivity contribution in [1.29, 1.82) is 0 Å². The van der Waals surface area contributed by atoms with Gasteiger partial charge in [-0.2, -0.15) is 5.10 Å². The zero-order valence-corrected chi connectivity index (χ0v) is 17.7. The minimum atomic E-state index is -3.68. The largest absolute Gasteiger partial charge is 0.281 e. The van der Waals surface area contributed by atoms with E-state index in [9.17, 15) is 13.2 Å². The van der Waals surface area contributed by atoms with E-state index in [0.29, 0.717) is 21.8 Å². The van der Waals surface area contributed by atoms with Crippen LogP contribution in [-0.4, -0.2) is 20.0 Å². The van der Waals surface area contributed by atoms with Crippen LogP contribution in [0.5, 0.6) is 0 Å². The third-order valence-corrected chi connectivity index (χ3v) is 6.77. The van der Waals surface area contributed by atoms with Crippen LogP contribution in [0.15, 0.2) is 76.7 Å². The molecule has 0 saturated carbocycles. The predicted molar refractivity (Wildman–Crippen MR) is 117 cm³/mol. The summed E-state index contributed by atoms with van der Waals surface area (Å²) in [6.45, 7) is 3.78. The summed E-state index contributed by atoms with van der Waals surface area (Å²) in [5.41, 5.74) is 4.22. The number of hydrogen-bond donors (Lipinski definition) is 2. The molecule has 0 saturated heterocycles. The Bertz CT molecular complexity index is 1140. The molecule has 29 heavy (non-hydrogen) atoms. The average molecular weight is 428 g/mol. The molecule has 3 aromatic rings. The number of carbonyl (C=O) groups is 1. The molecule has 1 aromatic heterocycles. The lowest BCUT2D eigenvalue weighted by Crippen LogP contribution is -2.18. The molecule has 0 unspecified atom stereocenters. The highest BCUT2D eigenvalue weighted by Crippen LogP contribution is 2.18. The number of thiophene rings is 1. The van der Waals surface area contributed by atoms with Crippen molar-refractivity contribution in [1.82, 2.24) is 5.43 Å². The van der Waals surface area contributed by atoms with Gasteiger partial charge in [0.2, 0.25) is 0 Å². The first-order valence-electron chi connectivity index (χ1n) is 9.00. The molecular formula is C21H21N3O3S2. The second-order valence-electron chi connectivity index (χ2n) is 6.26. The molecular weight excluding hydrogens is 406 g/mol. The maximum absolute atomic E-state index is 12.5. The zero-order valence-electron chi connectivity index (χ0n) is 16.0. The monoisotopic (exact) mass is 427 g/mol. The Hall–Kier alpha value is -2.97. The Morgan fingerprint density at radius 2 is 1.79 bits per heavy atom. The molecule has 2 aromatic carbocycles. The van der Waals surface area contributed by atoms with E-state index in [1.165, 1.54) is 23.5 Å². The SMILES string of the molecule is CCc1ccc(C(=O)N/N=C(/C)c2cccc(NS(=O)(=O)c3ccccc3)c2)s1. The summed E-state index contributed by atoms with van der Waals surface area (Å²) in [6, 6.07) is 18.7. The minimum Gasteiger partial charge on any atom is -0.280 e. The van der Waals surface area contributed by atoms with E-state index in [1.54, 1.807) is 55.5 Å². The van der Waals surface area contributed by atoms with Gasteiger partial charge in [-0.3, -0.25) is 9.52 Å². The number of nitrogens with zero attached hydrogens (tertiary/aromatic N) is 1. The summed E-state index contributed by atoms with van der Waals surface area (Å²) in [5, 5.41) is 4.15. The first-order chi connectivity index (χ1) is 13.9. The number of sulfonamides is 1. The summed E-state index contributed by atoms with van der Waals surface area (Å²) in [4.78, 5) is 14.1. The summed E-state index contributed by atoms with van der Waals surface area (Å²) in [5.74, 6) is -0.269. The zero-order chi connectivity index (χ0) is 20.9. The van der Waals surface area contributed by atoms with E-state index in [-0.39, 0.29) is 10.8 Å². The van der Waals surface area contributed by atoms with Crippen LogP contribution in [0.2, 0.25) is 0 Å². The van der Waals surface area contributed by atoms with Gasteiger partial charge in [-0.25, -0.2) is 13.8 Å². The van der Waals surface area contributed by atoms with E-state index in [4.69, 9.17) is 0 Å². The highest BCUT2D eigenvalue weighted by molar-refractivity contribution is 7.92. The summed E-state index contributed by atoms with van der Waals surface area (Å²) in [6.07, 6.45) is 0.881. The lowest BCUT2D eigenvalue weighted by molar-refractivity contribution is 0.0959. The molecule has 0 bridgehead atoms. The van der Waals surface area contributed by atoms with Gasteiger partial charge in [0.05, 0.1) is 15.5 Å². The van der Waals surface area contributed by atoms with Gasteiger partial charge in [-0.05, 0) is 55.3 Å². The molecule has 150 valence electrons. The first kappa shape index (κ1) is 20.8. The molecule has 0 aliphatic carbocycles. The Kier molecular flexibility index (Phi) is 6.46. The number of hydrogen-bond acceptors (Lipinski definition) is 5. The molecule has 8 heteroatoms. The van der Waals surface area contributed by atoms with Gasteiger partial charge >= 0.3 is 0 Å². The number of carbonyl (C=O) groups excluding carboxylic acids is 1. The van der Waals surface area contributed by atoms with Crippen molar-refractivity contribution in [3.05, 3.63) is 82.0 Å². The van der Waals surface area contributed by atoms with Crippen LogP contribution < -0.4 is 10.1 Å². The van der Waals surface area contributed by atoms with Crippen molar-refractivity contribution in [2.75, 3.05) is 4.72 Å². The Morgan fingerprint density at radius 3 is 2.48 bits per heavy atom. The van der Waals surface area contributed by atoms with E-state index in [2.05, 4.69) is 15.2 Å². The van der Waals surface area contributed by atoms with Crippen molar-refractivity contribution in [3.63, 3.8) is 0 Å². The molecule has 3 rings (SSSR count). The Morgan fingerprint density at radius 1 is 1.03 bits per heavy atom. The maximum atomic E-state index is 12.5. The summed E-state index contributed by atoms with van der Waals surface area (Å²) in [7, 11) is -3.68. The van der Waals surface area contributed by atoms with E-state index in [1.807, 2.05) is 13.0 Å². The summed E-state index contributed by atoms with van der Waals surface area (Å²) >= 11 is 1.44. The minimum absolute atomic E-state index is 0.186. The Balaban J connectivity index is 1.72. The number of rotatable bonds is 7. The number of anilines is 1. The molecule has 0 atom stereocenters. The van der Waals surface area contributed by atoms with Gasteiger partial charge in [0, 0.05) is 10.6 Å². The normalized spacial score (nSPS) is 11.9. The van der Waals surface area contributed by atoms with Gasteiger partial charge in [-0.15, -0.1) is 11.3 Å². The van der Waals surface area contributed by atoms with Gasteiger partial charge in [0.1, 0.15) is 0 Å². The van der Waals surface area contributed by atoms with Gasteiger partial charge < -0.3 is 0 Å². The molecule has 1 heterocycles. The number of aryl methyl sites for hydroxylation is 1. The van der Waals surface area contributed by atoms with Crippen LogP contribution in [0.4, 0.5) is 5.69 Å². The molecule has 0 fully saturated rings. The van der Waals surface area contributed by atoms with E-state index < -0.39 is 10.0 Å². The van der Waals surface area contributed by atoms with Crippen LogP contribution in [0.1, 0.15) is 34.0 Å². The smallest absolute Gasteiger partial charge is 0.280 e. The van der Waals surface area contributed by atoms with Crippen molar-refractivity contribution < 1.29 is 13.2 Å². The molecule has 6 nitrogen and oxygen atoms in total. The second-order valence-corrected chi connectivity index (χ2v) is 9.11. The van der Waals surface area contributed by atoms with Crippen LogP contribution in [0.3, 0.4) is 0 Å². The maximum Gasteiger partial charge on any atom is 0.281 e. The van der Waals surface area contributed by atoms with Gasteiger partial charge in [0.15, 0.2) is 0 Å². The number of benzene rings is 2. The van der Waals surface area contributed by atoms with Crippen LogP contribution >= 0.6 is 11.3 Å². The fraction of sp³-hybridized carbons (Fsp3) is 0.143. The lowest BCUT2D eigenvalue weighted by Gasteiger charge is -2.09. The highest BCUT2D eigenvalue weighted by atomic mass is 32.2. The van der Waals surface area contributed by atoms with Crippen LogP contribution in [0, 0.1) is 0 Å². The van der Waals surface area contributed by atoms with Gasteiger partial charge in [-0.1, -0.05) is 37.3 Å². The quantitative estimate of drug-likeness (QED) is 0.436. The predicted octanol–water partition coefficient (Wildman–Crippen LogP) is 4.27. The van der Waals surface area contributed by atoms with Gasteiger partial charge in [0.25, 0.3) is 15.9 Å². The average Bonchev–Trinajstić information content (AvgIpc) is 3.22. The van der Waals surface area contributed by atoms with E-state index in [0.717, 1.165) is 11.3 Å². The number of nitrogens with one attached hydrogen (secondary N) is 2. The van der Waals surface area contributed by atoms with Crippen molar-refractivity contribution >= 4 is 38.7 Å². The second kappa shape index (κ2) is 9.02. The lowest BCUT2D eigenvalue weighted by atomic mass is 10.1. The first-order valence-corrected chi connectivity index (χ1v) is 11.3. The third-order valence-electron chi connectivity index (χ3n) is 4.15. The fourth-order valence-electron chi connectivity index (χ4n) is 2.57. The van der Waals surface area contributed by atoms with Crippen LogP contribution in [0.25, 0.3) is 0 Å². The van der Waals surface area contributed by atoms with Crippen molar-refractivity contribution in [2.24, 2.45) is 5.10 Å². The third kappa shape index (κ3) is 5.30. The topological polar surface area (TPSA) is 87.6 Å². The standard InChI is InChI=1S/C21H21N3O3S2/c1-3-18-12-13-20(28-18)21(25)23-22-15(2)16-8-7-9-17(14-16)24-29(26,27)19-10-5-4-6-11-19/h4-14,24H,3H2,1-2H3,(H,23,25)/b22-15-. The molecule has 0 radical (unpaired) electrons. The molecule has 0 aliphatic rings. The fourth-order valence-corrected chi connectivity index (χ4v) is 4.47. The highest BCUT2D eigenvalue weighted by Gasteiger charge is 2.14. The Labute approximate surface area is 174 Å². The summed E-state index contributed by atoms with van der Waals surface area (Å²) < 4.78 is 27.5. The molecule has 1 amide bonds. The number of hydrazone groups is 1.